The van der Waals surface area contributed by atoms with E-state index in [0.29, 0.717) is 62.1 Å². The Labute approximate surface area is 238 Å². The molecule has 3 aromatic rings. The van der Waals surface area contributed by atoms with Gasteiger partial charge in [0.25, 0.3) is 0 Å². The van der Waals surface area contributed by atoms with Crippen molar-refractivity contribution in [1.29, 1.82) is 0 Å². The molecule has 2 aliphatic heterocycles. The number of ether oxygens (including phenoxy) is 1. The van der Waals surface area contributed by atoms with Crippen LogP contribution < -0.4 is 0 Å². The first-order valence-corrected chi connectivity index (χ1v) is 14.2. The van der Waals surface area contributed by atoms with E-state index < -0.39 is 11.7 Å². The molecule has 2 saturated heterocycles. The molecule has 2 amide bonds. The maximum atomic E-state index is 13.8. The Morgan fingerprint density at radius 2 is 1.46 bits per heavy atom. The standard InChI is InChI=1S/C33H35F3N2O3/c1-23(39)37-15-12-27(13-16-37)32(40)38-17-14-31(30(21-38)26-10-6-3-7-11-26)41-22-24-18-28(25-8-4-2-5-9-25)20-29(19-24)33(34,35)36/h2-11,18-20,27,30-31H,12-17,21-22H2,1H3/t30-,31-/m0/s1. The highest BCUT2D eigenvalue weighted by molar-refractivity contribution is 5.80. The lowest BCUT2D eigenvalue weighted by Gasteiger charge is -2.41. The summed E-state index contributed by atoms with van der Waals surface area (Å²) in [6.07, 6.45) is -2.83. The number of carbonyl (C=O) groups excluding carboxylic acids is 2. The van der Waals surface area contributed by atoms with E-state index in [0.717, 1.165) is 11.6 Å². The summed E-state index contributed by atoms with van der Waals surface area (Å²) in [5.74, 6) is -0.0702. The first-order chi connectivity index (χ1) is 19.7. The molecule has 0 radical (unpaired) electrons. The molecular weight excluding hydrogens is 529 g/mol. The number of hydrogen-bond donors (Lipinski definition) is 0. The molecule has 2 fully saturated rings. The third-order valence-electron chi connectivity index (χ3n) is 8.27. The van der Waals surface area contributed by atoms with Crippen molar-refractivity contribution < 1.29 is 27.5 Å². The predicted octanol–water partition coefficient (Wildman–Crippen LogP) is 6.53. The number of benzene rings is 3. The van der Waals surface area contributed by atoms with E-state index in [4.69, 9.17) is 4.74 Å². The number of nitrogens with zero attached hydrogens (tertiary/aromatic N) is 2. The SMILES string of the molecule is CC(=O)N1CCC(C(=O)N2CC[C@H](OCc3cc(-c4ccccc4)cc(C(F)(F)F)c3)[C@H](c3ccccc3)C2)CC1. The number of alkyl halides is 3. The van der Waals surface area contributed by atoms with Gasteiger partial charge < -0.3 is 14.5 Å². The summed E-state index contributed by atoms with van der Waals surface area (Å²) < 4.78 is 47.7. The minimum atomic E-state index is -4.47. The molecule has 2 atom stereocenters. The zero-order valence-corrected chi connectivity index (χ0v) is 23.1. The summed E-state index contributed by atoms with van der Waals surface area (Å²) in [7, 11) is 0. The molecule has 0 bridgehead atoms. The van der Waals surface area contributed by atoms with Crippen LogP contribution in [0.2, 0.25) is 0 Å². The number of amides is 2. The predicted molar refractivity (Wildman–Crippen MR) is 151 cm³/mol. The van der Waals surface area contributed by atoms with E-state index in [1.165, 1.54) is 6.07 Å². The molecular formula is C33H35F3N2O3. The van der Waals surface area contributed by atoms with Gasteiger partial charge in [0.05, 0.1) is 18.3 Å². The van der Waals surface area contributed by atoms with Crippen LogP contribution in [0, 0.1) is 5.92 Å². The van der Waals surface area contributed by atoms with E-state index in [9.17, 15) is 22.8 Å². The van der Waals surface area contributed by atoms with Crippen LogP contribution in [0.4, 0.5) is 13.2 Å². The quantitative estimate of drug-likeness (QED) is 0.342. The Morgan fingerprint density at radius 1 is 0.829 bits per heavy atom. The van der Waals surface area contributed by atoms with Gasteiger partial charge in [0.1, 0.15) is 0 Å². The van der Waals surface area contributed by atoms with Gasteiger partial charge in [-0.25, -0.2) is 0 Å². The molecule has 8 heteroatoms. The zero-order valence-electron chi connectivity index (χ0n) is 23.1. The lowest BCUT2D eigenvalue weighted by Crippen LogP contribution is -2.49. The van der Waals surface area contributed by atoms with Gasteiger partial charge in [0.2, 0.25) is 11.8 Å². The molecule has 3 aromatic carbocycles. The lowest BCUT2D eigenvalue weighted by molar-refractivity contribution is -0.143. The second-order valence-electron chi connectivity index (χ2n) is 11.0. The third kappa shape index (κ3) is 6.99. The van der Waals surface area contributed by atoms with Gasteiger partial charge in [0.15, 0.2) is 0 Å². The zero-order chi connectivity index (χ0) is 29.0. The number of hydrogen-bond acceptors (Lipinski definition) is 3. The Balaban J connectivity index is 1.32. The fraction of sp³-hybridized carbons (Fsp3) is 0.394. The average molecular weight is 565 g/mol. The Bertz CT molecular complexity index is 1340. The molecule has 2 aliphatic rings. The molecule has 0 saturated carbocycles. The van der Waals surface area contributed by atoms with Gasteiger partial charge >= 0.3 is 6.18 Å². The first-order valence-electron chi connectivity index (χ1n) is 14.2. The number of rotatable bonds is 6. The van der Waals surface area contributed by atoms with Crippen molar-refractivity contribution in [2.45, 2.75) is 51.0 Å². The minimum absolute atomic E-state index is 0.0367. The number of likely N-dealkylation sites (tertiary alicyclic amines) is 2. The lowest BCUT2D eigenvalue weighted by atomic mass is 9.86. The first kappa shape index (κ1) is 28.9. The van der Waals surface area contributed by atoms with Crippen molar-refractivity contribution in [3.05, 3.63) is 95.6 Å². The van der Waals surface area contributed by atoms with Gasteiger partial charge in [-0.2, -0.15) is 13.2 Å². The molecule has 0 spiro atoms. The van der Waals surface area contributed by atoms with E-state index in [1.807, 2.05) is 41.3 Å². The monoisotopic (exact) mass is 564 g/mol. The maximum Gasteiger partial charge on any atom is 0.416 e. The fourth-order valence-electron chi connectivity index (χ4n) is 5.99. The number of piperidine rings is 2. The molecule has 216 valence electrons. The number of carbonyl (C=O) groups is 2. The van der Waals surface area contributed by atoms with Gasteiger partial charge in [-0.1, -0.05) is 60.7 Å². The van der Waals surface area contributed by atoms with Crippen molar-refractivity contribution in [1.82, 2.24) is 9.80 Å². The van der Waals surface area contributed by atoms with E-state index >= 15 is 0 Å². The normalized spacial score (nSPS) is 20.2. The number of halogens is 3. The van der Waals surface area contributed by atoms with Crippen molar-refractivity contribution in [3.8, 4) is 11.1 Å². The summed E-state index contributed by atoms with van der Waals surface area (Å²) in [4.78, 5) is 28.9. The largest absolute Gasteiger partial charge is 0.416 e. The van der Waals surface area contributed by atoms with E-state index in [1.54, 1.807) is 42.2 Å². The Kier molecular flexibility index (Phi) is 8.78. The van der Waals surface area contributed by atoms with Crippen molar-refractivity contribution in [3.63, 3.8) is 0 Å². The molecule has 0 N–H and O–H groups in total. The van der Waals surface area contributed by atoms with Crippen LogP contribution in [-0.4, -0.2) is 53.9 Å². The topological polar surface area (TPSA) is 49.9 Å². The molecule has 0 aliphatic carbocycles. The van der Waals surface area contributed by atoms with Gasteiger partial charge in [-0.3, -0.25) is 9.59 Å². The summed E-state index contributed by atoms with van der Waals surface area (Å²) in [6, 6.07) is 23.0. The summed E-state index contributed by atoms with van der Waals surface area (Å²) >= 11 is 0. The van der Waals surface area contributed by atoms with Gasteiger partial charge in [0, 0.05) is 44.9 Å². The Morgan fingerprint density at radius 3 is 2.10 bits per heavy atom. The van der Waals surface area contributed by atoms with Crippen LogP contribution in [0.1, 0.15) is 48.8 Å². The summed E-state index contributed by atoms with van der Waals surface area (Å²) in [5.41, 5.74) is 2.00. The molecule has 2 heterocycles. The molecule has 0 aromatic heterocycles. The van der Waals surface area contributed by atoms with Crippen LogP contribution in [-0.2, 0) is 27.1 Å². The van der Waals surface area contributed by atoms with Crippen LogP contribution in [0.15, 0.2) is 78.9 Å². The minimum Gasteiger partial charge on any atom is -0.373 e. The van der Waals surface area contributed by atoms with Crippen LogP contribution in [0.25, 0.3) is 11.1 Å². The van der Waals surface area contributed by atoms with E-state index in [2.05, 4.69) is 0 Å². The van der Waals surface area contributed by atoms with Gasteiger partial charge in [-0.05, 0) is 59.7 Å². The smallest absolute Gasteiger partial charge is 0.373 e. The summed E-state index contributed by atoms with van der Waals surface area (Å²) in [6.45, 7) is 3.79. The Hall–Kier alpha value is -3.65. The maximum absolute atomic E-state index is 13.8. The van der Waals surface area contributed by atoms with Crippen molar-refractivity contribution in [2.75, 3.05) is 26.2 Å². The van der Waals surface area contributed by atoms with Crippen LogP contribution in [0.5, 0.6) is 0 Å². The van der Waals surface area contributed by atoms with Gasteiger partial charge in [-0.15, -0.1) is 0 Å². The highest BCUT2D eigenvalue weighted by Gasteiger charge is 2.37. The molecule has 41 heavy (non-hydrogen) atoms. The molecule has 0 unspecified atom stereocenters. The second kappa shape index (κ2) is 12.5. The summed E-state index contributed by atoms with van der Waals surface area (Å²) in [5, 5.41) is 0. The average Bonchev–Trinajstić information content (AvgIpc) is 3.00. The van der Waals surface area contributed by atoms with E-state index in [-0.39, 0.29) is 36.4 Å². The third-order valence-corrected chi connectivity index (χ3v) is 8.27. The molecule has 5 nitrogen and oxygen atoms in total. The van der Waals surface area contributed by atoms with Crippen LogP contribution in [0.3, 0.4) is 0 Å². The van der Waals surface area contributed by atoms with Crippen molar-refractivity contribution >= 4 is 11.8 Å². The molecule has 5 rings (SSSR count). The fourth-order valence-corrected chi connectivity index (χ4v) is 5.99. The second-order valence-corrected chi connectivity index (χ2v) is 11.0. The highest BCUT2D eigenvalue weighted by Crippen LogP contribution is 2.35. The van der Waals surface area contributed by atoms with Crippen LogP contribution >= 0.6 is 0 Å². The highest BCUT2D eigenvalue weighted by atomic mass is 19.4. The van der Waals surface area contributed by atoms with Crippen molar-refractivity contribution in [2.24, 2.45) is 5.92 Å².